The summed E-state index contributed by atoms with van der Waals surface area (Å²) in [5, 5.41) is 0. The van der Waals surface area contributed by atoms with Gasteiger partial charge in [0.15, 0.2) is 0 Å². The van der Waals surface area contributed by atoms with Crippen LogP contribution in [-0.2, 0) is 20.9 Å². The van der Waals surface area contributed by atoms with Gasteiger partial charge in [0.05, 0.1) is 5.92 Å². The molecule has 2 rings (SSSR count). The third-order valence-electron chi connectivity index (χ3n) is 4.13. The van der Waals surface area contributed by atoms with Gasteiger partial charge in [0, 0.05) is 5.92 Å². The first-order chi connectivity index (χ1) is 9.52. The second-order valence-corrected chi connectivity index (χ2v) is 5.78. The van der Waals surface area contributed by atoms with E-state index in [1.165, 1.54) is 0 Å². The zero-order chi connectivity index (χ0) is 14.8. The van der Waals surface area contributed by atoms with Crippen LogP contribution in [0.2, 0.25) is 0 Å². The van der Waals surface area contributed by atoms with Gasteiger partial charge in [-0.15, -0.1) is 0 Å². The fraction of sp³-hybridized carbons (Fsp3) is 0.412. The molecular weight excluding hydrogens is 252 g/mol. The molecule has 0 radical (unpaired) electrons. The molecular formula is C17H20O3. The molecule has 1 aromatic carbocycles. The van der Waals surface area contributed by atoms with Gasteiger partial charge in [-0.3, -0.25) is 9.59 Å². The minimum Gasteiger partial charge on any atom is -0.461 e. The number of carbonyl (C=O) groups is 2. The van der Waals surface area contributed by atoms with Crippen LogP contribution in [-0.4, -0.2) is 12.3 Å². The monoisotopic (exact) mass is 272 g/mol. The average molecular weight is 272 g/mol. The van der Waals surface area contributed by atoms with E-state index in [1.54, 1.807) is 6.08 Å². The van der Waals surface area contributed by atoms with Gasteiger partial charge in [0.2, 0.25) is 0 Å². The number of esters is 1. The maximum Gasteiger partial charge on any atom is 0.310 e. The fourth-order valence-electron chi connectivity index (χ4n) is 2.84. The van der Waals surface area contributed by atoms with Crippen LogP contribution in [0.1, 0.15) is 26.3 Å². The molecule has 0 N–H and O–H groups in total. The number of ether oxygens (including phenoxy) is 1. The Labute approximate surface area is 119 Å². The number of hydrogen-bond donors (Lipinski definition) is 0. The summed E-state index contributed by atoms with van der Waals surface area (Å²) in [5.41, 5.74) is 1.46. The lowest BCUT2D eigenvalue weighted by Gasteiger charge is -2.05. The standard InChI is InChI=1S/C17H20O3/c1-4-13(10-18)14-15(17(14,2)3)16(19)20-11-12-8-6-5-7-9-12/h4-10,14-15H,11H2,1-3H3/b13-4-. The highest BCUT2D eigenvalue weighted by molar-refractivity contribution is 5.84. The van der Waals surface area contributed by atoms with E-state index in [0.29, 0.717) is 5.57 Å². The summed E-state index contributed by atoms with van der Waals surface area (Å²) >= 11 is 0. The van der Waals surface area contributed by atoms with Crippen molar-refractivity contribution in [3.63, 3.8) is 0 Å². The zero-order valence-corrected chi connectivity index (χ0v) is 12.1. The number of rotatable bonds is 5. The van der Waals surface area contributed by atoms with Crippen LogP contribution in [0.15, 0.2) is 42.0 Å². The van der Waals surface area contributed by atoms with Crippen LogP contribution in [0, 0.1) is 17.3 Å². The molecule has 1 aromatic rings. The Bertz CT molecular complexity index is 528. The molecule has 3 nitrogen and oxygen atoms in total. The molecule has 1 aliphatic rings. The van der Waals surface area contributed by atoms with Gasteiger partial charge in [-0.05, 0) is 23.5 Å². The smallest absolute Gasteiger partial charge is 0.310 e. The van der Waals surface area contributed by atoms with E-state index >= 15 is 0 Å². The third-order valence-corrected chi connectivity index (χ3v) is 4.13. The van der Waals surface area contributed by atoms with Gasteiger partial charge in [-0.2, -0.15) is 0 Å². The summed E-state index contributed by atoms with van der Waals surface area (Å²) in [4.78, 5) is 23.2. The average Bonchev–Trinajstić information content (AvgIpc) is 3.02. The van der Waals surface area contributed by atoms with Crippen LogP contribution < -0.4 is 0 Å². The molecule has 3 heteroatoms. The Morgan fingerprint density at radius 1 is 1.25 bits per heavy atom. The van der Waals surface area contributed by atoms with Gasteiger partial charge < -0.3 is 4.74 Å². The van der Waals surface area contributed by atoms with E-state index in [9.17, 15) is 9.59 Å². The van der Waals surface area contributed by atoms with E-state index in [2.05, 4.69) is 0 Å². The number of hydrogen-bond acceptors (Lipinski definition) is 3. The summed E-state index contributed by atoms with van der Waals surface area (Å²) in [6.07, 6.45) is 2.63. The highest BCUT2D eigenvalue weighted by atomic mass is 16.5. The number of aldehydes is 1. The van der Waals surface area contributed by atoms with Crippen LogP contribution in [0.25, 0.3) is 0 Å². The van der Waals surface area contributed by atoms with E-state index in [4.69, 9.17) is 4.74 Å². The van der Waals surface area contributed by atoms with Crippen molar-refractivity contribution in [1.29, 1.82) is 0 Å². The molecule has 2 unspecified atom stereocenters. The van der Waals surface area contributed by atoms with E-state index < -0.39 is 0 Å². The van der Waals surface area contributed by atoms with Gasteiger partial charge in [0.1, 0.15) is 12.9 Å². The van der Waals surface area contributed by atoms with Crippen molar-refractivity contribution in [3.05, 3.63) is 47.5 Å². The number of allylic oxidation sites excluding steroid dienone is 2. The molecule has 0 amide bonds. The van der Waals surface area contributed by atoms with Crippen molar-refractivity contribution in [2.24, 2.45) is 17.3 Å². The van der Waals surface area contributed by atoms with Crippen LogP contribution >= 0.6 is 0 Å². The first kappa shape index (κ1) is 14.5. The van der Waals surface area contributed by atoms with Crippen LogP contribution in [0.5, 0.6) is 0 Å². The summed E-state index contributed by atoms with van der Waals surface area (Å²) in [6.45, 7) is 6.11. The molecule has 2 atom stereocenters. The van der Waals surface area contributed by atoms with Crippen molar-refractivity contribution in [3.8, 4) is 0 Å². The van der Waals surface area contributed by atoms with Crippen molar-refractivity contribution < 1.29 is 14.3 Å². The molecule has 0 saturated heterocycles. The lowest BCUT2D eigenvalue weighted by Crippen LogP contribution is -2.10. The number of carbonyl (C=O) groups excluding carboxylic acids is 2. The van der Waals surface area contributed by atoms with Crippen molar-refractivity contribution in [1.82, 2.24) is 0 Å². The maximum absolute atomic E-state index is 12.2. The van der Waals surface area contributed by atoms with Gasteiger partial charge in [0.25, 0.3) is 0 Å². The van der Waals surface area contributed by atoms with Crippen LogP contribution in [0.4, 0.5) is 0 Å². The SMILES string of the molecule is C/C=C(/C=O)C1C(C(=O)OCc2ccccc2)C1(C)C. The zero-order valence-electron chi connectivity index (χ0n) is 12.1. The highest BCUT2D eigenvalue weighted by Gasteiger charge is 2.63. The van der Waals surface area contributed by atoms with Crippen molar-refractivity contribution in [2.75, 3.05) is 0 Å². The molecule has 20 heavy (non-hydrogen) atoms. The predicted octanol–water partition coefficient (Wildman–Crippen LogP) is 3.15. The summed E-state index contributed by atoms with van der Waals surface area (Å²) in [5.74, 6) is -0.457. The Morgan fingerprint density at radius 3 is 2.45 bits per heavy atom. The molecule has 0 aliphatic heterocycles. The molecule has 0 spiro atoms. The lowest BCUT2D eigenvalue weighted by molar-refractivity contribution is -0.147. The largest absolute Gasteiger partial charge is 0.461 e. The molecule has 0 heterocycles. The third kappa shape index (κ3) is 2.67. The molecule has 1 fully saturated rings. The van der Waals surface area contributed by atoms with E-state index in [-0.39, 0.29) is 29.8 Å². The number of benzene rings is 1. The minimum absolute atomic E-state index is 0.0201. The first-order valence-electron chi connectivity index (χ1n) is 6.84. The Morgan fingerprint density at radius 2 is 1.90 bits per heavy atom. The lowest BCUT2D eigenvalue weighted by atomic mass is 10.0. The van der Waals surface area contributed by atoms with Gasteiger partial charge in [-0.1, -0.05) is 50.3 Å². The second kappa shape index (κ2) is 5.61. The summed E-state index contributed by atoms with van der Waals surface area (Å²) in [7, 11) is 0. The molecule has 1 aliphatic carbocycles. The summed E-state index contributed by atoms with van der Waals surface area (Å²) < 4.78 is 5.37. The van der Waals surface area contributed by atoms with E-state index in [0.717, 1.165) is 11.8 Å². The second-order valence-electron chi connectivity index (χ2n) is 5.78. The molecule has 1 saturated carbocycles. The topological polar surface area (TPSA) is 43.4 Å². The molecule has 0 bridgehead atoms. The fourth-order valence-corrected chi connectivity index (χ4v) is 2.84. The van der Waals surface area contributed by atoms with Gasteiger partial charge >= 0.3 is 5.97 Å². The Kier molecular flexibility index (Phi) is 4.07. The van der Waals surface area contributed by atoms with E-state index in [1.807, 2.05) is 51.1 Å². The van der Waals surface area contributed by atoms with Gasteiger partial charge in [-0.25, -0.2) is 0 Å². The van der Waals surface area contributed by atoms with Crippen LogP contribution in [0.3, 0.4) is 0 Å². The molecule has 106 valence electrons. The Hall–Kier alpha value is -1.90. The summed E-state index contributed by atoms with van der Waals surface area (Å²) in [6, 6.07) is 9.60. The highest BCUT2D eigenvalue weighted by Crippen LogP contribution is 2.61. The Balaban J connectivity index is 1.99. The molecule has 0 aromatic heterocycles. The first-order valence-corrected chi connectivity index (χ1v) is 6.84. The van der Waals surface area contributed by atoms with Crippen molar-refractivity contribution in [2.45, 2.75) is 27.4 Å². The maximum atomic E-state index is 12.2. The van der Waals surface area contributed by atoms with Crippen molar-refractivity contribution >= 4 is 12.3 Å². The predicted molar refractivity (Wildman–Crippen MR) is 76.8 cm³/mol. The quantitative estimate of drug-likeness (QED) is 0.470. The minimum atomic E-state index is -0.220. The normalized spacial score (nSPS) is 24.1.